The quantitative estimate of drug-likeness (QED) is 0.771. The first-order valence-electron chi connectivity index (χ1n) is 8.58. The molecule has 1 aromatic heterocycles. The SMILES string of the molecule is CN(Cc1nc2ccc(Cl)cc2c(=O)[nH]1)C1CCCc2ccccc21. The zero-order chi connectivity index (χ0) is 17.4. The zero-order valence-electron chi connectivity index (χ0n) is 14.1. The maximum Gasteiger partial charge on any atom is 0.258 e. The van der Waals surface area contributed by atoms with Crippen molar-refractivity contribution in [1.82, 2.24) is 14.9 Å². The van der Waals surface area contributed by atoms with E-state index in [0.29, 0.717) is 34.3 Å². The summed E-state index contributed by atoms with van der Waals surface area (Å²) < 4.78 is 0. The number of nitrogens with zero attached hydrogens (tertiary/aromatic N) is 2. The Hall–Kier alpha value is -2.17. The standard InChI is InChI=1S/C20H20ClN3O/c1-24(18-8-4-6-13-5-2-3-7-15(13)18)12-19-22-17-10-9-14(21)11-16(17)20(25)23-19/h2-3,5,7,9-11,18H,4,6,8,12H2,1H3,(H,22,23,25). The third-order valence-electron chi connectivity index (χ3n) is 4.99. The summed E-state index contributed by atoms with van der Waals surface area (Å²) >= 11 is 5.98. The predicted molar refractivity (Wildman–Crippen MR) is 101 cm³/mol. The van der Waals surface area contributed by atoms with Crippen molar-refractivity contribution in [1.29, 1.82) is 0 Å². The highest BCUT2D eigenvalue weighted by atomic mass is 35.5. The minimum Gasteiger partial charge on any atom is -0.309 e. The first kappa shape index (κ1) is 16.3. The lowest BCUT2D eigenvalue weighted by Crippen LogP contribution is -2.29. The molecule has 1 heterocycles. The summed E-state index contributed by atoms with van der Waals surface area (Å²) in [5.74, 6) is 0.686. The molecule has 0 spiro atoms. The van der Waals surface area contributed by atoms with E-state index in [0.717, 1.165) is 12.8 Å². The van der Waals surface area contributed by atoms with Crippen LogP contribution in [0.15, 0.2) is 47.3 Å². The van der Waals surface area contributed by atoms with Crippen LogP contribution < -0.4 is 5.56 Å². The Bertz CT molecular complexity index is 982. The molecule has 1 N–H and O–H groups in total. The van der Waals surface area contributed by atoms with Crippen molar-refractivity contribution in [3.63, 3.8) is 0 Å². The number of nitrogens with one attached hydrogen (secondary N) is 1. The van der Waals surface area contributed by atoms with Crippen molar-refractivity contribution < 1.29 is 0 Å². The van der Waals surface area contributed by atoms with Crippen molar-refractivity contribution >= 4 is 22.5 Å². The second-order valence-electron chi connectivity index (χ2n) is 6.70. The first-order chi connectivity index (χ1) is 12.1. The zero-order valence-corrected chi connectivity index (χ0v) is 14.9. The molecule has 25 heavy (non-hydrogen) atoms. The third-order valence-corrected chi connectivity index (χ3v) is 5.22. The van der Waals surface area contributed by atoms with Crippen LogP contribution in [0.25, 0.3) is 10.9 Å². The lowest BCUT2D eigenvalue weighted by atomic mass is 9.87. The van der Waals surface area contributed by atoms with Gasteiger partial charge in [-0.25, -0.2) is 4.98 Å². The smallest absolute Gasteiger partial charge is 0.258 e. The van der Waals surface area contributed by atoms with Crippen molar-refractivity contribution in [2.45, 2.75) is 31.8 Å². The topological polar surface area (TPSA) is 49.0 Å². The van der Waals surface area contributed by atoms with Crippen LogP contribution in [0.5, 0.6) is 0 Å². The molecule has 0 saturated heterocycles. The normalized spacial score (nSPS) is 17.0. The summed E-state index contributed by atoms with van der Waals surface area (Å²) in [5, 5.41) is 1.07. The third kappa shape index (κ3) is 3.20. The Morgan fingerprint density at radius 3 is 3.00 bits per heavy atom. The fourth-order valence-corrected chi connectivity index (χ4v) is 3.94. The molecular weight excluding hydrogens is 334 g/mol. The number of rotatable bonds is 3. The lowest BCUT2D eigenvalue weighted by molar-refractivity contribution is 0.208. The molecule has 3 aromatic rings. The van der Waals surface area contributed by atoms with Gasteiger partial charge in [0.15, 0.2) is 0 Å². The van der Waals surface area contributed by atoms with Crippen LogP contribution in [0.3, 0.4) is 0 Å². The average Bonchev–Trinajstić information content (AvgIpc) is 2.62. The van der Waals surface area contributed by atoms with E-state index in [4.69, 9.17) is 11.6 Å². The Balaban J connectivity index is 1.63. The van der Waals surface area contributed by atoms with Gasteiger partial charge in [0.05, 0.1) is 17.4 Å². The molecule has 1 aliphatic carbocycles. The van der Waals surface area contributed by atoms with Gasteiger partial charge in [0.2, 0.25) is 0 Å². The minimum absolute atomic E-state index is 0.139. The number of H-pyrrole nitrogens is 1. The van der Waals surface area contributed by atoms with E-state index in [1.54, 1.807) is 18.2 Å². The average molecular weight is 354 g/mol. The number of fused-ring (bicyclic) bond motifs is 2. The molecule has 4 rings (SSSR count). The molecule has 0 fully saturated rings. The van der Waals surface area contributed by atoms with Gasteiger partial charge in [0.25, 0.3) is 5.56 Å². The molecule has 2 aromatic carbocycles. The van der Waals surface area contributed by atoms with E-state index in [1.165, 1.54) is 17.5 Å². The molecule has 128 valence electrons. The van der Waals surface area contributed by atoms with Gasteiger partial charge in [0, 0.05) is 11.1 Å². The number of aromatic amines is 1. The molecule has 1 unspecified atom stereocenters. The van der Waals surface area contributed by atoms with E-state index >= 15 is 0 Å². The highest BCUT2D eigenvalue weighted by Gasteiger charge is 2.23. The molecule has 1 aliphatic rings. The molecule has 0 bridgehead atoms. The van der Waals surface area contributed by atoms with Gasteiger partial charge in [-0.1, -0.05) is 35.9 Å². The second kappa shape index (κ2) is 6.62. The summed E-state index contributed by atoms with van der Waals surface area (Å²) in [4.78, 5) is 22.1. The highest BCUT2D eigenvalue weighted by Crippen LogP contribution is 2.33. The fourth-order valence-electron chi connectivity index (χ4n) is 3.77. The van der Waals surface area contributed by atoms with E-state index < -0.39 is 0 Å². The summed E-state index contributed by atoms with van der Waals surface area (Å²) in [5.41, 5.74) is 3.37. The maximum absolute atomic E-state index is 12.3. The molecule has 4 nitrogen and oxygen atoms in total. The molecule has 0 aliphatic heterocycles. The molecule has 0 amide bonds. The number of aryl methyl sites for hydroxylation is 1. The summed E-state index contributed by atoms with van der Waals surface area (Å²) in [6.07, 6.45) is 3.46. The van der Waals surface area contributed by atoms with Crippen molar-refractivity contribution in [3.05, 3.63) is 74.8 Å². The van der Waals surface area contributed by atoms with Gasteiger partial charge in [-0.3, -0.25) is 9.69 Å². The van der Waals surface area contributed by atoms with Crippen LogP contribution in [0, 0.1) is 0 Å². The molecular formula is C20H20ClN3O. The molecule has 0 saturated carbocycles. The van der Waals surface area contributed by atoms with Crippen LogP contribution in [0.1, 0.15) is 35.8 Å². The predicted octanol–water partition coefficient (Wildman–Crippen LogP) is 4.09. The Morgan fingerprint density at radius 2 is 2.12 bits per heavy atom. The molecule has 5 heteroatoms. The van der Waals surface area contributed by atoms with Gasteiger partial charge >= 0.3 is 0 Å². The van der Waals surface area contributed by atoms with Gasteiger partial charge in [-0.2, -0.15) is 0 Å². The van der Waals surface area contributed by atoms with E-state index in [9.17, 15) is 4.79 Å². The summed E-state index contributed by atoms with van der Waals surface area (Å²) in [7, 11) is 2.10. The van der Waals surface area contributed by atoms with E-state index in [1.807, 2.05) is 0 Å². The van der Waals surface area contributed by atoms with Crippen LogP contribution in [-0.2, 0) is 13.0 Å². The fraction of sp³-hybridized carbons (Fsp3) is 0.300. The number of halogens is 1. The monoisotopic (exact) mass is 353 g/mol. The van der Waals surface area contributed by atoms with Crippen molar-refractivity contribution in [2.75, 3.05) is 7.05 Å². The van der Waals surface area contributed by atoms with Gasteiger partial charge in [-0.05, 0) is 55.6 Å². The first-order valence-corrected chi connectivity index (χ1v) is 8.96. The second-order valence-corrected chi connectivity index (χ2v) is 7.13. The van der Waals surface area contributed by atoms with Crippen molar-refractivity contribution in [3.8, 4) is 0 Å². The van der Waals surface area contributed by atoms with Gasteiger partial charge < -0.3 is 4.98 Å². The summed E-state index contributed by atoms with van der Waals surface area (Å²) in [6, 6.07) is 14.2. The number of benzene rings is 2. The Morgan fingerprint density at radius 1 is 1.28 bits per heavy atom. The van der Waals surface area contributed by atoms with Crippen LogP contribution >= 0.6 is 11.6 Å². The Labute approximate surface area is 151 Å². The van der Waals surface area contributed by atoms with Gasteiger partial charge in [-0.15, -0.1) is 0 Å². The van der Waals surface area contributed by atoms with Crippen LogP contribution in [-0.4, -0.2) is 21.9 Å². The summed E-state index contributed by atoms with van der Waals surface area (Å²) in [6.45, 7) is 0.604. The number of aromatic nitrogens is 2. The van der Waals surface area contributed by atoms with Crippen LogP contribution in [0.4, 0.5) is 0 Å². The lowest BCUT2D eigenvalue weighted by Gasteiger charge is -2.33. The number of hydrogen-bond acceptors (Lipinski definition) is 3. The van der Waals surface area contributed by atoms with Gasteiger partial charge in [0.1, 0.15) is 5.82 Å². The largest absolute Gasteiger partial charge is 0.309 e. The maximum atomic E-state index is 12.3. The van der Waals surface area contributed by atoms with E-state index in [2.05, 4.69) is 46.2 Å². The molecule has 1 atom stereocenters. The Kier molecular flexibility index (Phi) is 4.32. The van der Waals surface area contributed by atoms with Crippen LogP contribution in [0.2, 0.25) is 5.02 Å². The van der Waals surface area contributed by atoms with Crippen molar-refractivity contribution in [2.24, 2.45) is 0 Å². The molecule has 0 radical (unpaired) electrons. The van der Waals surface area contributed by atoms with E-state index in [-0.39, 0.29) is 5.56 Å². The highest BCUT2D eigenvalue weighted by molar-refractivity contribution is 6.31. The minimum atomic E-state index is -0.139. The number of hydrogen-bond donors (Lipinski definition) is 1.